The molecule has 6 heteroatoms. The minimum absolute atomic E-state index is 0.0690. The number of likely N-dealkylation sites (N-methyl/N-ethyl adjacent to an activating group) is 1. The molecule has 1 aliphatic rings. The van der Waals surface area contributed by atoms with Crippen molar-refractivity contribution in [3.8, 4) is 0 Å². The maximum Gasteiger partial charge on any atom is 0.255 e. The van der Waals surface area contributed by atoms with Gasteiger partial charge in [0.2, 0.25) is 5.91 Å². The monoisotopic (exact) mass is 352 g/mol. The van der Waals surface area contributed by atoms with Gasteiger partial charge < -0.3 is 10.2 Å². The number of aryl methyl sites for hydroxylation is 1. The molecule has 0 saturated carbocycles. The molecule has 1 saturated heterocycles. The lowest BCUT2D eigenvalue weighted by atomic mass is 10.1. The van der Waals surface area contributed by atoms with Crippen LogP contribution in [0.15, 0.2) is 48.7 Å². The summed E-state index contributed by atoms with van der Waals surface area (Å²) in [6.45, 7) is 4.19. The van der Waals surface area contributed by atoms with Crippen molar-refractivity contribution in [2.75, 3.05) is 26.7 Å². The summed E-state index contributed by atoms with van der Waals surface area (Å²) in [5, 5.41) is 2.73. The third-order valence-electron chi connectivity index (χ3n) is 4.71. The van der Waals surface area contributed by atoms with E-state index in [1.165, 1.54) is 0 Å². The number of pyridine rings is 1. The van der Waals surface area contributed by atoms with E-state index in [1.54, 1.807) is 24.2 Å². The number of hydrogen-bond donors (Lipinski definition) is 1. The van der Waals surface area contributed by atoms with Crippen LogP contribution < -0.4 is 5.32 Å². The molecule has 1 N–H and O–H groups in total. The van der Waals surface area contributed by atoms with Crippen LogP contribution in [0, 0.1) is 6.92 Å². The van der Waals surface area contributed by atoms with Gasteiger partial charge in [-0.05, 0) is 24.6 Å². The molecule has 136 valence electrons. The number of rotatable bonds is 4. The standard InChI is InChI=1S/C20H24N4O2/c1-15-8-9-17(12-22-15)20(26)24-11-10-23(18(14-24)19(25)21-2)13-16-6-4-3-5-7-16/h3-9,12,18H,10-11,13-14H2,1-2H3,(H,21,25)/t18-/m1/s1. The Morgan fingerprint density at radius 3 is 2.58 bits per heavy atom. The predicted molar refractivity (Wildman–Crippen MR) is 99.6 cm³/mol. The van der Waals surface area contributed by atoms with Crippen molar-refractivity contribution < 1.29 is 9.59 Å². The van der Waals surface area contributed by atoms with Gasteiger partial charge in [-0.1, -0.05) is 30.3 Å². The fraction of sp³-hybridized carbons (Fsp3) is 0.350. The normalized spacial score (nSPS) is 17.8. The molecule has 1 aromatic carbocycles. The molecule has 1 atom stereocenters. The summed E-state index contributed by atoms with van der Waals surface area (Å²) in [7, 11) is 1.63. The second-order valence-electron chi connectivity index (χ2n) is 6.53. The largest absolute Gasteiger partial charge is 0.358 e. The van der Waals surface area contributed by atoms with E-state index in [-0.39, 0.29) is 17.9 Å². The fourth-order valence-electron chi connectivity index (χ4n) is 3.20. The van der Waals surface area contributed by atoms with Crippen molar-refractivity contribution in [2.45, 2.75) is 19.5 Å². The fourth-order valence-corrected chi connectivity index (χ4v) is 3.20. The second kappa shape index (κ2) is 8.10. The van der Waals surface area contributed by atoms with E-state index < -0.39 is 0 Å². The van der Waals surface area contributed by atoms with E-state index in [0.29, 0.717) is 31.7 Å². The molecule has 0 radical (unpaired) electrons. The molecular weight excluding hydrogens is 328 g/mol. The lowest BCUT2D eigenvalue weighted by Crippen LogP contribution is -2.59. The molecule has 2 amide bonds. The predicted octanol–water partition coefficient (Wildman–Crippen LogP) is 1.46. The van der Waals surface area contributed by atoms with Gasteiger partial charge >= 0.3 is 0 Å². The first-order chi connectivity index (χ1) is 12.6. The van der Waals surface area contributed by atoms with E-state index >= 15 is 0 Å². The third-order valence-corrected chi connectivity index (χ3v) is 4.71. The van der Waals surface area contributed by atoms with Crippen LogP contribution in [0.2, 0.25) is 0 Å². The number of hydrogen-bond acceptors (Lipinski definition) is 4. The van der Waals surface area contributed by atoms with E-state index in [0.717, 1.165) is 11.3 Å². The van der Waals surface area contributed by atoms with Crippen molar-refractivity contribution >= 4 is 11.8 Å². The van der Waals surface area contributed by atoms with Crippen LogP contribution in [-0.4, -0.2) is 59.3 Å². The highest BCUT2D eigenvalue weighted by Crippen LogP contribution is 2.17. The first-order valence-corrected chi connectivity index (χ1v) is 8.80. The van der Waals surface area contributed by atoms with Crippen LogP contribution in [-0.2, 0) is 11.3 Å². The average molecular weight is 352 g/mol. The highest BCUT2D eigenvalue weighted by atomic mass is 16.2. The number of amides is 2. The van der Waals surface area contributed by atoms with Gasteiger partial charge in [0, 0.05) is 45.1 Å². The van der Waals surface area contributed by atoms with Gasteiger partial charge in [0.05, 0.1) is 5.56 Å². The van der Waals surface area contributed by atoms with Crippen molar-refractivity contribution in [2.24, 2.45) is 0 Å². The van der Waals surface area contributed by atoms with Gasteiger partial charge in [0.25, 0.3) is 5.91 Å². The molecule has 3 rings (SSSR count). The van der Waals surface area contributed by atoms with Crippen molar-refractivity contribution in [1.29, 1.82) is 0 Å². The van der Waals surface area contributed by atoms with E-state index in [1.807, 2.05) is 31.2 Å². The Balaban J connectivity index is 1.74. The van der Waals surface area contributed by atoms with Crippen LogP contribution in [0.3, 0.4) is 0 Å². The van der Waals surface area contributed by atoms with Gasteiger partial charge in [0.15, 0.2) is 0 Å². The molecule has 2 heterocycles. The van der Waals surface area contributed by atoms with Crippen LogP contribution in [0.25, 0.3) is 0 Å². The minimum Gasteiger partial charge on any atom is -0.358 e. The first kappa shape index (κ1) is 18.1. The van der Waals surface area contributed by atoms with E-state index in [2.05, 4.69) is 27.3 Å². The maximum atomic E-state index is 12.8. The highest BCUT2D eigenvalue weighted by Gasteiger charge is 2.34. The van der Waals surface area contributed by atoms with Crippen molar-refractivity contribution in [3.63, 3.8) is 0 Å². The molecule has 0 bridgehead atoms. The SMILES string of the molecule is CNC(=O)[C@H]1CN(C(=O)c2ccc(C)nc2)CCN1Cc1ccccc1. The summed E-state index contributed by atoms with van der Waals surface area (Å²) < 4.78 is 0. The Morgan fingerprint density at radius 1 is 1.15 bits per heavy atom. The Labute approximate surface area is 153 Å². The molecule has 0 aliphatic carbocycles. The summed E-state index contributed by atoms with van der Waals surface area (Å²) in [5.41, 5.74) is 2.59. The quantitative estimate of drug-likeness (QED) is 0.905. The zero-order valence-electron chi connectivity index (χ0n) is 15.2. The molecule has 1 aliphatic heterocycles. The summed E-state index contributed by atoms with van der Waals surface area (Å²) >= 11 is 0. The van der Waals surface area contributed by atoms with Crippen LogP contribution in [0.1, 0.15) is 21.6 Å². The zero-order valence-corrected chi connectivity index (χ0v) is 15.2. The number of carbonyl (C=O) groups is 2. The second-order valence-corrected chi connectivity index (χ2v) is 6.53. The summed E-state index contributed by atoms with van der Waals surface area (Å²) in [6, 6.07) is 13.3. The lowest BCUT2D eigenvalue weighted by molar-refractivity contribution is -0.128. The molecule has 6 nitrogen and oxygen atoms in total. The van der Waals surface area contributed by atoms with Gasteiger partial charge in [-0.2, -0.15) is 0 Å². The molecule has 26 heavy (non-hydrogen) atoms. The first-order valence-electron chi connectivity index (χ1n) is 8.80. The summed E-state index contributed by atoms with van der Waals surface area (Å²) in [6.07, 6.45) is 1.60. The van der Waals surface area contributed by atoms with Gasteiger partial charge in [-0.3, -0.25) is 19.5 Å². The highest BCUT2D eigenvalue weighted by molar-refractivity contribution is 5.94. The maximum absolute atomic E-state index is 12.8. The van der Waals surface area contributed by atoms with Crippen molar-refractivity contribution in [1.82, 2.24) is 20.1 Å². The van der Waals surface area contributed by atoms with Gasteiger partial charge in [-0.25, -0.2) is 0 Å². The Morgan fingerprint density at radius 2 is 1.92 bits per heavy atom. The van der Waals surface area contributed by atoms with Gasteiger partial charge in [-0.15, -0.1) is 0 Å². The number of carbonyl (C=O) groups excluding carboxylic acids is 2. The molecule has 1 aromatic heterocycles. The number of benzene rings is 1. The van der Waals surface area contributed by atoms with Crippen LogP contribution >= 0.6 is 0 Å². The number of piperazine rings is 1. The number of aromatic nitrogens is 1. The van der Waals surface area contributed by atoms with Crippen LogP contribution in [0.5, 0.6) is 0 Å². The molecule has 2 aromatic rings. The average Bonchev–Trinajstić information content (AvgIpc) is 2.68. The Bertz CT molecular complexity index is 761. The third kappa shape index (κ3) is 4.08. The Kier molecular flexibility index (Phi) is 5.63. The molecule has 0 unspecified atom stereocenters. The topological polar surface area (TPSA) is 65.5 Å². The van der Waals surface area contributed by atoms with Crippen LogP contribution in [0.4, 0.5) is 0 Å². The zero-order chi connectivity index (χ0) is 18.5. The number of nitrogens with one attached hydrogen (secondary N) is 1. The minimum atomic E-state index is -0.365. The van der Waals surface area contributed by atoms with Crippen molar-refractivity contribution in [3.05, 3.63) is 65.5 Å². The summed E-state index contributed by atoms with van der Waals surface area (Å²) in [4.78, 5) is 33.3. The Hall–Kier alpha value is -2.73. The molecule has 0 spiro atoms. The smallest absolute Gasteiger partial charge is 0.255 e. The molecular formula is C20H24N4O2. The summed E-state index contributed by atoms with van der Waals surface area (Å²) in [5.74, 6) is -0.147. The van der Waals surface area contributed by atoms with E-state index in [9.17, 15) is 9.59 Å². The molecule has 1 fully saturated rings. The number of nitrogens with zero attached hydrogens (tertiary/aromatic N) is 3. The van der Waals surface area contributed by atoms with E-state index in [4.69, 9.17) is 0 Å². The lowest BCUT2D eigenvalue weighted by Gasteiger charge is -2.40. The van der Waals surface area contributed by atoms with Gasteiger partial charge in [0.1, 0.15) is 6.04 Å².